The predicted octanol–water partition coefficient (Wildman–Crippen LogP) is -3.64. The molecule has 11 heteroatoms. The number of aldehydes is 1. The van der Waals surface area contributed by atoms with Crippen LogP contribution in [0, 0.1) is 0 Å². The Balaban J connectivity index is 0. The minimum atomic E-state index is -4.80. The third-order valence-corrected chi connectivity index (χ3v) is 2.13. The Morgan fingerprint density at radius 3 is 1.94 bits per heavy atom. The third-order valence-electron chi connectivity index (χ3n) is 1.65. The number of carbonyl (C=O) groups is 1. The maximum absolute atomic E-state index is 10.2. The molecule has 0 aliphatic carbocycles. The first-order valence-electron chi connectivity index (χ1n) is 4.06. The second-order valence-corrected chi connectivity index (χ2v) is 4.20. The summed E-state index contributed by atoms with van der Waals surface area (Å²) in [4.78, 5) is 26.6. The van der Waals surface area contributed by atoms with Gasteiger partial charge >= 0.3 is 7.82 Å². The van der Waals surface area contributed by atoms with E-state index in [1.54, 1.807) is 0 Å². The number of phosphoric ester groups is 1. The summed E-state index contributed by atoms with van der Waals surface area (Å²) in [6, 6.07) is 0. The van der Waals surface area contributed by atoms with Gasteiger partial charge in [0.15, 0.2) is 6.29 Å². The van der Waals surface area contributed by atoms with Crippen LogP contribution in [-0.2, 0) is 13.9 Å². The topological polar surface area (TPSA) is 165 Å². The van der Waals surface area contributed by atoms with Gasteiger partial charge in [-0.1, -0.05) is 0 Å². The fraction of sp³-hybridized carbons (Fsp3) is 0.833. The molecule has 97 valence electrons. The van der Waals surface area contributed by atoms with Crippen molar-refractivity contribution in [2.24, 2.45) is 0 Å². The quantitative estimate of drug-likeness (QED) is 0.157. The van der Waals surface area contributed by atoms with Crippen molar-refractivity contribution in [3.05, 3.63) is 0 Å². The zero-order valence-corrected chi connectivity index (χ0v) is 11.8. The van der Waals surface area contributed by atoms with E-state index in [9.17, 15) is 9.36 Å². The van der Waals surface area contributed by atoms with E-state index in [1.807, 2.05) is 0 Å². The van der Waals surface area contributed by atoms with Crippen molar-refractivity contribution in [2.45, 2.75) is 24.4 Å². The monoisotopic (exact) mass is 283 g/mol. The summed E-state index contributed by atoms with van der Waals surface area (Å²) >= 11 is 0. The van der Waals surface area contributed by atoms with Gasteiger partial charge in [-0.25, -0.2) is 4.57 Å². The molecule has 0 rings (SSSR count). The van der Waals surface area contributed by atoms with Gasteiger partial charge in [0.1, 0.15) is 24.4 Å². The molecule has 0 aliphatic heterocycles. The zero-order valence-electron chi connectivity index (χ0n) is 8.95. The van der Waals surface area contributed by atoms with E-state index >= 15 is 0 Å². The molecule has 0 amide bonds. The van der Waals surface area contributed by atoms with Crippen molar-refractivity contribution in [3.63, 3.8) is 0 Å². The smallest absolute Gasteiger partial charge is 0.388 e. The van der Waals surface area contributed by atoms with Gasteiger partial charge in [0.05, 0.1) is 6.61 Å². The summed E-state index contributed by atoms with van der Waals surface area (Å²) in [6.45, 7) is -0.964. The van der Waals surface area contributed by atoms with Crippen LogP contribution in [-0.4, -0.2) is 97.1 Å². The fourth-order valence-corrected chi connectivity index (χ4v) is 1.13. The molecule has 4 atom stereocenters. The van der Waals surface area contributed by atoms with Crippen LogP contribution in [0.25, 0.3) is 0 Å². The van der Waals surface area contributed by atoms with E-state index in [0.717, 1.165) is 0 Å². The minimum Gasteiger partial charge on any atom is -0.388 e. The summed E-state index contributed by atoms with van der Waals surface area (Å²) in [6.07, 6.45) is -7.80. The predicted molar refractivity (Wildman–Crippen MR) is 53.8 cm³/mol. The summed E-state index contributed by atoms with van der Waals surface area (Å²) in [5, 5.41) is 36.1. The fourth-order valence-electron chi connectivity index (χ4n) is 0.782. The number of aliphatic hydroxyl groups is 4. The Kier molecular flexibility index (Phi) is 10.2. The Morgan fingerprint density at radius 2 is 1.59 bits per heavy atom. The molecular weight excluding hydrogens is 270 g/mol. The summed E-state index contributed by atoms with van der Waals surface area (Å²) in [5.74, 6) is 0. The normalized spacial score (nSPS) is 18.7. The van der Waals surface area contributed by atoms with Crippen molar-refractivity contribution >= 4 is 43.7 Å². The van der Waals surface area contributed by atoms with E-state index in [2.05, 4.69) is 4.52 Å². The minimum absolute atomic E-state index is 0. The molecule has 0 bridgehead atoms. The maximum Gasteiger partial charge on any atom is 0.469 e. The van der Waals surface area contributed by atoms with Crippen LogP contribution in [0.1, 0.15) is 0 Å². The Morgan fingerprint density at radius 1 is 1.12 bits per heavy atom. The van der Waals surface area contributed by atoms with Gasteiger partial charge in [0.2, 0.25) is 0 Å². The first-order chi connectivity index (χ1) is 7.19. The number of phosphoric acid groups is 1. The van der Waals surface area contributed by atoms with Crippen molar-refractivity contribution < 1.29 is 44.1 Å². The maximum atomic E-state index is 10.2. The average molecular weight is 283 g/mol. The first kappa shape index (κ1) is 19.9. The van der Waals surface area contributed by atoms with Gasteiger partial charge in [0, 0.05) is 29.6 Å². The van der Waals surface area contributed by atoms with Crippen LogP contribution < -0.4 is 0 Å². The molecule has 0 saturated heterocycles. The van der Waals surface area contributed by atoms with Gasteiger partial charge in [-0.3, -0.25) is 4.52 Å². The second kappa shape index (κ2) is 8.68. The summed E-state index contributed by atoms with van der Waals surface area (Å²) in [7, 11) is -4.80. The number of hydrogen-bond donors (Lipinski definition) is 6. The molecule has 6 N–H and O–H groups in total. The molecule has 0 fully saturated rings. The van der Waals surface area contributed by atoms with Crippen molar-refractivity contribution in [2.75, 3.05) is 6.61 Å². The van der Waals surface area contributed by atoms with Gasteiger partial charge in [-0.05, 0) is 0 Å². The van der Waals surface area contributed by atoms with E-state index in [-0.39, 0.29) is 35.8 Å². The molecule has 0 heterocycles. The van der Waals surface area contributed by atoms with Gasteiger partial charge in [-0.2, -0.15) is 0 Å². The van der Waals surface area contributed by atoms with E-state index in [1.165, 1.54) is 0 Å². The molecular formula is C6H13NaO9P. The first-order valence-corrected chi connectivity index (χ1v) is 5.59. The van der Waals surface area contributed by atoms with Crippen molar-refractivity contribution in [1.29, 1.82) is 0 Å². The van der Waals surface area contributed by atoms with Crippen molar-refractivity contribution in [3.8, 4) is 0 Å². The third kappa shape index (κ3) is 8.36. The molecule has 1 radical (unpaired) electrons. The zero-order chi connectivity index (χ0) is 12.9. The summed E-state index contributed by atoms with van der Waals surface area (Å²) < 4.78 is 14.1. The molecule has 0 aromatic heterocycles. The molecule has 17 heavy (non-hydrogen) atoms. The van der Waals surface area contributed by atoms with E-state index < -0.39 is 38.8 Å². The number of hydrogen-bond acceptors (Lipinski definition) is 7. The molecule has 4 unspecified atom stereocenters. The van der Waals surface area contributed by atoms with Crippen LogP contribution in [0.3, 0.4) is 0 Å². The largest absolute Gasteiger partial charge is 0.469 e. The van der Waals surface area contributed by atoms with Crippen LogP contribution in [0.5, 0.6) is 0 Å². The molecule has 0 saturated carbocycles. The Labute approximate surface area is 119 Å². The van der Waals surface area contributed by atoms with Crippen LogP contribution >= 0.6 is 7.82 Å². The van der Waals surface area contributed by atoms with Gasteiger partial charge in [-0.15, -0.1) is 0 Å². The number of rotatable bonds is 7. The SMILES string of the molecule is O=CC(O)C(O)C(O)C(O)COP(=O)(O)O.[Na]. The van der Waals surface area contributed by atoms with Crippen LogP contribution in [0.15, 0.2) is 0 Å². The molecule has 0 spiro atoms. The average Bonchev–Trinajstić information content (AvgIpc) is 2.21. The van der Waals surface area contributed by atoms with E-state index in [0.29, 0.717) is 0 Å². The molecule has 0 aromatic carbocycles. The Hall–Kier alpha value is 0.620. The second-order valence-electron chi connectivity index (χ2n) is 2.96. The van der Waals surface area contributed by atoms with Gasteiger partial charge in [0.25, 0.3) is 0 Å². The molecule has 0 aliphatic rings. The standard InChI is InChI=1S/C6H13O9P.Na/c7-1-3(8)5(10)6(11)4(9)2-15-16(12,13)14;/h1,3-6,8-11H,2H2,(H2,12,13,14);. The van der Waals surface area contributed by atoms with E-state index in [4.69, 9.17) is 30.2 Å². The van der Waals surface area contributed by atoms with Gasteiger partial charge < -0.3 is 35.0 Å². The molecule has 9 nitrogen and oxygen atoms in total. The van der Waals surface area contributed by atoms with Crippen molar-refractivity contribution in [1.82, 2.24) is 0 Å². The van der Waals surface area contributed by atoms with Crippen LogP contribution in [0.4, 0.5) is 0 Å². The number of aliphatic hydroxyl groups excluding tert-OH is 4. The summed E-state index contributed by atoms with van der Waals surface area (Å²) in [5.41, 5.74) is 0. The number of carbonyl (C=O) groups excluding carboxylic acids is 1. The van der Waals surface area contributed by atoms with Crippen LogP contribution in [0.2, 0.25) is 0 Å². The molecule has 0 aromatic rings. The Bertz CT molecular complexity index is 268.